The molecule has 1 aliphatic rings. The summed E-state index contributed by atoms with van der Waals surface area (Å²) < 4.78 is 1.09. The number of nitrogens with one attached hydrogen (secondary N) is 1. The molecule has 0 spiro atoms. The van der Waals surface area contributed by atoms with Crippen LogP contribution in [0.3, 0.4) is 0 Å². The highest BCUT2D eigenvalue weighted by Gasteiger charge is 2.35. The van der Waals surface area contributed by atoms with Gasteiger partial charge in [0.2, 0.25) is 0 Å². The lowest BCUT2D eigenvalue weighted by atomic mass is 9.90. The zero-order valence-corrected chi connectivity index (χ0v) is 14.7. The van der Waals surface area contributed by atoms with Gasteiger partial charge in [0, 0.05) is 24.7 Å². The Kier molecular flexibility index (Phi) is 4.67. The number of fused-ring (bicyclic) bond motifs is 1. The first kappa shape index (κ1) is 17.9. The van der Waals surface area contributed by atoms with E-state index in [0.29, 0.717) is 35.9 Å². The Bertz CT molecular complexity index is 990. The molecule has 26 heavy (non-hydrogen) atoms. The number of carboxylic acids is 1. The van der Waals surface area contributed by atoms with Gasteiger partial charge in [0.15, 0.2) is 0 Å². The monoisotopic (exact) mass is 359 g/mol. The number of aromatic amines is 1. The summed E-state index contributed by atoms with van der Waals surface area (Å²) in [4.78, 5) is 52.7. The van der Waals surface area contributed by atoms with Gasteiger partial charge in [0.1, 0.15) is 0 Å². The van der Waals surface area contributed by atoms with Crippen molar-refractivity contribution in [2.75, 3.05) is 6.54 Å². The summed E-state index contributed by atoms with van der Waals surface area (Å²) in [5, 5.41) is 9.65. The molecule has 1 saturated heterocycles. The molecule has 2 heterocycles. The van der Waals surface area contributed by atoms with Crippen molar-refractivity contribution in [1.82, 2.24) is 14.5 Å². The average molecular weight is 359 g/mol. The minimum atomic E-state index is -0.905. The second-order valence-corrected chi connectivity index (χ2v) is 6.57. The molecule has 0 radical (unpaired) electrons. The number of likely N-dealkylation sites (tertiary alicyclic amines) is 1. The SMILES string of the molecule is CCn1c(=O)[nH]c2cc(C(=O)N3CCC[C@H](C(=O)O)[C@@H]3C)ccc2c1=O. The van der Waals surface area contributed by atoms with E-state index in [1.807, 2.05) is 0 Å². The summed E-state index contributed by atoms with van der Waals surface area (Å²) >= 11 is 0. The smallest absolute Gasteiger partial charge is 0.328 e. The number of amides is 1. The number of piperidine rings is 1. The quantitative estimate of drug-likeness (QED) is 0.850. The largest absolute Gasteiger partial charge is 0.481 e. The maximum absolute atomic E-state index is 12.9. The Hall–Kier alpha value is -2.90. The standard InChI is InChI=1S/C18H21N3O5/c1-3-20-16(23)13-7-6-11(9-14(13)19-18(20)26)15(22)21-8-4-5-12(10(21)2)17(24)25/h6-7,9-10,12H,3-5,8H2,1-2H3,(H,19,26)(H,24,25)/t10-,12-/m0/s1. The molecule has 2 aromatic rings. The van der Waals surface area contributed by atoms with Crippen molar-refractivity contribution < 1.29 is 14.7 Å². The van der Waals surface area contributed by atoms with Gasteiger partial charge in [-0.3, -0.25) is 19.0 Å². The van der Waals surface area contributed by atoms with Gasteiger partial charge in [0.25, 0.3) is 11.5 Å². The van der Waals surface area contributed by atoms with Crippen LogP contribution in [0.5, 0.6) is 0 Å². The van der Waals surface area contributed by atoms with Gasteiger partial charge < -0.3 is 15.0 Å². The predicted octanol–water partition coefficient (Wildman–Crippen LogP) is 1.03. The first-order valence-electron chi connectivity index (χ1n) is 8.65. The normalized spacial score (nSPS) is 20.3. The molecule has 8 nitrogen and oxygen atoms in total. The van der Waals surface area contributed by atoms with Crippen LogP contribution in [0.2, 0.25) is 0 Å². The lowest BCUT2D eigenvalue weighted by molar-refractivity contribution is -0.144. The average Bonchev–Trinajstić information content (AvgIpc) is 2.61. The van der Waals surface area contributed by atoms with E-state index in [-0.39, 0.29) is 12.5 Å². The van der Waals surface area contributed by atoms with E-state index in [0.717, 1.165) is 4.57 Å². The van der Waals surface area contributed by atoms with E-state index in [1.54, 1.807) is 24.8 Å². The van der Waals surface area contributed by atoms with E-state index in [9.17, 15) is 24.3 Å². The maximum atomic E-state index is 12.9. The predicted molar refractivity (Wildman–Crippen MR) is 95.4 cm³/mol. The van der Waals surface area contributed by atoms with Crippen molar-refractivity contribution in [2.45, 2.75) is 39.3 Å². The molecule has 0 saturated carbocycles. The number of benzene rings is 1. The van der Waals surface area contributed by atoms with Crippen molar-refractivity contribution in [3.63, 3.8) is 0 Å². The first-order valence-corrected chi connectivity index (χ1v) is 8.65. The number of carbonyl (C=O) groups excluding carboxylic acids is 1. The number of H-pyrrole nitrogens is 1. The summed E-state index contributed by atoms with van der Waals surface area (Å²) in [6.07, 6.45) is 1.17. The van der Waals surface area contributed by atoms with Crippen LogP contribution in [0.4, 0.5) is 0 Å². The third-order valence-corrected chi connectivity index (χ3v) is 5.11. The zero-order valence-electron chi connectivity index (χ0n) is 14.7. The van der Waals surface area contributed by atoms with Gasteiger partial charge in [0.05, 0.1) is 16.8 Å². The summed E-state index contributed by atoms with van der Waals surface area (Å²) in [6, 6.07) is 4.13. The molecular weight excluding hydrogens is 338 g/mol. The maximum Gasteiger partial charge on any atom is 0.328 e. The van der Waals surface area contributed by atoms with Crippen LogP contribution >= 0.6 is 0 Å². The summed E-state index contributed by atoms with van der Waals surface area (Å²) in [5.74, 6) is -1.80. The van der Waals surface area contributed by atoms with Gasteiger partial charge in [-0.15, -0.1) is 0 Å². The van der Waals surface area contributed by atoms with Crippen LogP contribution < -0.4 is 11.2 Å². The highest BCUT2D eigenvalue weighted by Crippen LogP contribution is 2.25. The lowest BCUT2D eigenvalue weighted by Gasteiger charge is -2.37. The fourth-order valence-corrected chi connectivity index (χ4v) is 3.60. The van der Waals surface area contributed by atoms with Crippen molar-refractivity contribution in [2.24, 2.45) is 5.92 Å². The second kappa shape index (κ2) is 6.78. The zero-order chi connectivity index (χ0) is 19.0. The van der Waals surface area contributed by atoms with E-state index in [2.05, 4.69) is 4.98 Å². The summed E-state index contributed by atoms with van der Waals surface area (Å²) in [6.45, 7) is 4.18. The van der Waals surface area contributed by atoms with Crippen molar-refractivity contribution >= 4 is 22.8 Å². The first-order chi connectivity index (χ1) is 12.3. The van der Waals surface area contributed by atoms with Gasteiger partial charge in [-0.25, -0.2) is 4.79 Å². The summed E-state index contributed by atoms with van der Waals surface area (Å²) in [7, 11) is 0. The Morgan fingerprint density at radius 2 is 2.04 bits per heavy atom. The number of carboxylic acid groups (broad SMARTS) is 1. The van der Waals surface area contributed by atoms with E-state index >= 15 is 0 Å². The highest BCUT2D eigenvalue weighted by molar-refractivity contribution is 5.98. The minimum absolute atomic E-state index is 0.257. The second-order valence-electron chi connectivity index (χ2n) is 6.57. The molecule has 0 unspecified atom stereocenters. The van der Waals surface area contributed by atoms with E-state index in [1.165, 1.54) is 12.1 Å². The van der Waals surface area contributed by atoms with Gasteiger partial charge in [-0.1, -0.05) is 0 Å². The van der Waals surface area contributed by atoms with Crippen LogP contribution in [0.1, 0.15) is 37.0 Å². The van der Waals surface area contributed by atoms with Gasteiger partial charge in [-0.05, 0) is 44.9 Å². The van der Waals surface area contributed by atoms with Crippen molar-refractivity contribution in [1.29, 1.82) is 0 Å². The van der Waals surface area contributed by atoms with Crippen molar-refractivity contribution in [3.05, 3.63) is 44.6 Å². The molecule has 3 rings (SSSR count). The molecule has 0 aliphatic carbocycles. The Labute approximate surface area is 149 Å². The number of aromatic nitrogens is 2. The highest BCUT2D eigenvalue weighted by atomic mass is 16.4. The Morgan fingerprint density at radius 1 is 1.31 bits per heavy atom. The number of hydrogen-bond acceptors (Lipinski definition) is 4. The lowest BCUT2D eigenvalue weighted by Crippen LogP contribution is -2.49. The Morgan fingerprint density at radius 3 is 2.69 bits per heavy atom. The number of hydrogen-bond donors (Lipinski definition) is 2. The van der Waals surface area contributed by atoms with Crippen LogP contribution in [0.15, 0.2) is 27.8 Å². The van der Waals surface area contributed by atoms with E-state index in [4.69, 9.17) is 0 Å². The molecule has 1 fully saturated rings. The topological polar surface area (TPSA) is 112 Å². The summed E-state index contributed by atoms with van der Waals surface area (Å²) in [5.41, 5.74) is -0.302. The molecule has 138 valence electrons. The minimum Gasteiger partial charge on any atom is -0.481 e. The molecule has 2 N–H and O–H groups in total. The molecule has 1 aliphatic heterocycles. The molecular formula is C18H21N3O5. The number of rotatable bonds is 3. The fourth-order valence-electron chi connectivity index (χ4n) is 3.60. The third-order valence-electron chi connectivity index (χ3n) is 5.11. The third kappa shape index (κ3) is 2.91. The molecule has 1 amide bonds. The van der Waals surface area contributed by atoms with Crippen LogP contribution in [-0.2, 0) is 11.3 Å². The molecule has 1 aromatic heterocycles. The van der Waals surface area contributed by atoms with Crippen LogP contribution in [0.25, 0.3) is 10.9 Å². The fraction of sp³-hybridized carbons (Fsp3) is 0.444. The number of nitrogens with zero attached hydrogens (tertiary/aromatic N) is 2. The number of aliphatic carboxylic acids is 1. The van der Waals surface area contributed by atoms with Gasteiger partial charge >= 0.3 is 11.7 Å². The molecule has 1 aromatic carbocycles. The number of carbonyl (C=O) groups is 2. The molecule has 8 heteroatoms. The molecule has 2 atom stereocenters. The Balaban J connectivity index is 2.00. The van der Waals surface area contributed by atoms with Crippen molar-refractivity contribution in [3.8, 4) is 0 Å². The van der Waals surface area contributed by atoms with Crippen LogP contribution in [0, 0.1) is 5.92 Å². The van der Waals surface area contributed by atoms with Gasteiger partial charge in [-0.2, -0.15) is 0 Å². The molecule has 0 bridgehead atoms. The van der Waals surface area contributed by atoms with Crippen LogP contribution in [-0.4, -0.2) is 44.0 Å². The van der Waals surface area contributed by atoms with E-state index < -0.39 is 29.2 Å².